The maximum Gasteiger partial charge on any atom is 0.319 e. The molecule has 0 aromatic carbocycles. The SMILES string of the molecule is CN(CCC(=O)O)C(=O)N1CCC(N2CCOCC2)C1. The number of carboxylic acid groups (broad SMARTS) is 1. The van der Waals surface area contributed by atoms with E-state index >= 15 is 0 Å². The summed E-state index contributed by atoms with van der Waals surface area (Å²) in [5.41, 5.74) is 0. The van der Waals surface area contributed by atoms with Crippen molar-refractivity contribution in [1.29, 1.82) is 0 Å². The highest BCUT2D eigenvalue weighted by Crippen LogP contribution is 2.18. The van der Waals surface area contributed by atoms with Crippen molar-refractivity contribution in [3.8, 4) is 0 Å². The van der Waals surface area contributed by atoms with Gasteiger partial charge in [-0.2, -0.15) is 0 Å². The number of ether oxygens (including phenoxy) is 1. The lowest BCUT2D eigenvalue weighted by Crippen LogP contribution is -2.46. The molecular formula is C13H23N3O4. The third-order valence-electron chi connectivity index (χ3n) is 3.98. The summed E-state index contributed by atoms with van der Waals surface area (Å²) in [6, 6.07) is 0.345. The summed E-state index contributed by atoms with van der Waals surface area (Å²) < 4.78 is 5.34. The van der Waals surface area contributed by atoms with E-state index in [4.69, 9.17) is 9.84 Å². The topological polar surface area (TPSA) is 73.3 Å². The van der Waals surface area contributed by atoms with Crippen molar-refractivity contribution in [2.45, 2.75) is 18.9 Å². The van der Waals surface area contributed by atoms with E-state index in [1.165, 1.54) is 4.90 Å². The van der Waals surface area contributed by atoms with E-state index in [9.17, 15) is 9.59 Å². The molecule has 20 heavy (non-hydrogen) atoms. The summed E-state index contributed by atoms with van der Waals surface area (Å²) in [5, 5.41) is 8.65. The Bertz CT molecular complexity index is 358. The Morgan fingerprint density at radius 3 is 2.65 bits per heavy atom. The number of morpholine rings is 1. The molecule has 0 spiro atoms. The van der Waals surface area contributed by atoms with Gasteiger partial charge in [-0.25, -0.2) is 4.79 Å². The van der Waals surface area contributed by atoms with Crippen molar-refractivity contribution in [3.63, 3.8) is 0 Å². The molecular weight excluding hydrogens is 262 g/mol. The smallest absolute Gasteiger partial charge is 0.319 e. The van der Waals surface area contributed by atoms with Crippen molar-refractivity contribution in [1.82, 2.24) is 14.7 Å². The summed E-state index contributed by atoms with van der Waals surface area (Å²) >= 11 is 0. The van der Waals surface area contributed by atoms with Crippen molar-refractivity contribution in [2.75, 3.05) is 53.0 Å². The number of nitrogens with zero attached hydrogens (tertiary/aromatic N) is 3. The fourth-order valence-electron chi connectivity index (χ4n) is 2.76. The maximum absolute atomic E-state index is 12.2. The predicted octanol–water partition coefficient (Wildman–Crippen LogP) is -0.0806. The largest absolute Gasteiger partial charge is 0.481 e. The Morgan fingerprint density at radius 2 is 2.00 bits per heavy atom. The lowest BCUT2D eigenvalue weighted by Gasteiger charge is -2.32. The highest BCUT2D eigenvalue weighted by atomic mass is 16.5. The van der Waals surface area contributed by atoms with Crippen LogP contribution in [0.1, 0.15) is 12.8 Å². The molecule has 2 fully saturated rings. The fourth-order valence-corrected chi connectivity index (χ4v) is 2.76. The molecule has 2 aliphatic rings. The Kier molecular flexibility index (Phi) is 5.19. The minimum Gasteiger partial charge on any atom is -0.481 e. The molecule has 0 bridgehead atoms. The Hall–Kier alpha value is -1.34. The number of carboxylic acids is 1. The molecule has 2 rings (SSSR count). The van der Waals surface area contributed by atoms with E-state index in [0.717, 1.165) is 45.8 Å². The van der Waals surface area contributed by atoms with E-state index in [0.29, 0.717) is 6.04 Å². The van der Waals surface area contributed by atoms with Gasteiger partial charge < -0.3 is 19.6 Å². The highest BCUT2D eigenvalue weighted by Gasteiger charge is 2.32. The number of hydrogen-bond acceptors (Lipinski definition) is 4. The zero-order valence-corrected chi connectivity index (χ0v) is 12.0. The van der Waals surface area contributed by atoms with Crippen LogP contribution in [0.4, 0.5) is 4.79 Å². The molecule has 0 aliphatic carbocycles. The normalized spacial score (nSPS) is 23.9. The summed E-state index contributed by atoms with van der Waals surface area (Å²) in [7, 11) is 1.66. The van der Waals surface area contributed by atoms with E-state index in [1.54, 1.807) is 7.05 Å². The first-order chi connectivity index (χ1) is 9.58. The number of carbonyl (C=O) groups excluding carboxylic acids is 1. The second-order valence-electron chi connectivity index (χ2n) is 5.38. The van der Waals surface area contributed by atoms with Gasteiger partial charge in [0.05, 0.1) is 19.6 Å². The van der Waals surface area contributed by atoms with Crippen LogP contribution in [0.5, 0.6) is 0 Å². The number of likely N-dealkylation sites (tertiary alicyclic amines) is 1. The Balaban J connectivity index is 1.79. The molecule has 0 saturated carbocycles. The van der Waals surface area contributed by atoms with Crippen molar-refractivity contribution < 1.29 is 19.4 Å². The molecule has 114 valence electrons. The summed E-state index contributed by atoms with van der Waals surface area (Å²) in [6.07, 6.45) is 0.974. The van der Waals surface area contributed by atoms with Gasteiger partial charge in [-0.1, -0.05) is 0 Å². The van der Waals surface area contributed by atoms with Crippen LogP contribution >= 0.6 is 0 Å². The zero-order chi connectivity index (χ0) is 14.5. The van der Waals surface area contributed by atoms with Crippen LogP contribution in [-0.2, 0) is 9.53 Å². The Morgan fingerprint density at radius 1 is 1.30 bits per heavy atom. The van der Waals surface area contributed by atoms with Crippen LogP contribution in [-0.4, -0.2) is 90.8 Å². The third-order valence-corrected chi connectivity index (χ3v) is 3.98. The number of urea groups is 1. The molecule has 1 atom stereocenters. The van der Waals surface area contributed by atoms with Gasteiger partial charge in [0.15, 0.2) is 0 Å². The number of amides is 2. The van der Waals surface area contributed by atoms with Gasteiger partial charge in [-0.05, 0) is 6.42 Å². The third kappa shape index (κ3) is 3.83. The predicted molar refractivity (Wildman–Crippen MR) is 72.6 cm³/mol. The van der Waals surface area contributed by atoms with E-state index < -0.39 is 5.97 Å². The van der Waals surface area contributed by atoms with Crippen molar-refractivity contribution >= 4 is 12.0 Å². The van der Waals surface area contributed by atoms with Gasteiger partial charge >= 0.3 is 12.0 Å². The van der Waals surface area contributed by atoms with Crippen LogP contribution in [0.2, 0.25) is 0 Å². The van der Waals surface area contributed by atoms with E-state index in [1.807, 2.05) is 4.90 Å². The monoisotopic (exact) mass is 285 g/mol. The average Bonchev–Trinajstić information content (AvgIpc) is 2.94. The molecule has 2 aliphatic heterocycles. The minimum absolute atomic E-state index is 0.0109. The number of aliphatic carboxylic acids is 1. The zero-order valence-electron chi connectivity index (χ0n) is 12.0. The van der Waals surface area contributed by atoms with E-state index in [-0.39, 0.29) is 19.0 Å². The first kappa shape index (κ1) is 15.1. The van der Waals surface area contributed by atoms with Crippen molar-refractivity contribution in [3.05, 3.63) is 0 Å². The summed E-state index contributed by atoms with van der Waals surface area (Å²) in [6.45, 7) is 5.14. The fraction of sp³-hybridized carbons (Fsp3) is 0.846. The van der Waals surface area contributed by atoms with Crippen LogP contribution in [0, 0.1) is 0 Å². The summed E-state index contributed by atoms with van der Waals surface area (Å²) in [5.74, 6) is -0.878. The van der Waals surface area contributed by atoms with Gasteiger partial charge in [0.1, 0.15) is 0 Å². The lowest BCUT2D eigenvalue weighted by molar-refractivity contribution is -0.137. The molecule has 2 heterocycles. The van der Waals surface area contributed by atoms with Gasteiger partial charge in [-0.15, -0.1) is 0 Å². The molecule has 7 heteroatoms. The van der Waals surface area contributed by atoms with Crippen molar-refractivity contribution in [2.24, 2.45) is 0 Å². The Labute approximate surface area is 119 Å². The molecule has 0 aromatic heterocycles. The molecule has 1 N–H and O–H groups in total. The molecule has 0 aromatic rings. The standard InChI is InChI=1S/C13H23N3O4/c1-14(4-3-12(17)18)13(19)16-5-2-11(10-16)15-6-8-20-9-7-15/h11H,2-10H2,1H3,(H,17,18). The average molecular weight is 285 g/mol. The maximum atomic E-state index is 12.2. The highest BCUT2D eigenvalue weighted by molar-refractivity contribution is 5.75. The second kappa shape index (κ2) is 6.90. The molecule has 2 saturated heterocycles. The van der Waals surface area contributed by atoms with Crippen LogP contribution < -0.4 is 0 Å². The number of carbonyl (C=O) groups is 2. The molecule has 1 unspecified atom stereocenters. The van der Waals surface area contributed by atoms with Gasteiger partial charge in [-0.3, -0.25) is 9.69 Å². The molecule has 7 nitrogen and oxygen atoms in total. The number of rotatable bonds is 4. The van der Waals surface area contributed by atoms with E-state index in [2.05, 4.69) is 4.90 Å². The lowest BCUT2D eigenvalue weighted by atomic mass is 10.2. The minimum atomic E-state index is -0.878. The quantitative estimate of drug-likeness (QED) is 0.782. The molecule has 2 amide bonds. The van der Waals surface area contributed by atoms with Gasteiger partial charge in [0, 0.05) is 45.8 Å². The summed E-state index contributed by atoms with van der Waals surface area (Å²) in [4.78, 5) is 28.4. The first-order valence-corrected chi connectivity index (χ1v) is 7.11. The second-order valence-corrected chi connectivity index (χ2v) is 5.38. The first-order valence-electron chi connectivity index (χ1n) is 7.11. The van der Waals surface area contributed by atoms with Crippen LogP contribution in [0.25, 0.3) is 0 Å². The van der Waals surface area contributed by atoms with Gasteiger partial charge in [0.25, 0.3) is 0 Å². The van der Waals surface area contributed by atoms with Crippen LogP contribution in [0.3, 0.4) is 0 Å². The van der Waals surface area contributed by atoms with Gasteiger partial charge in [0.2, 0.25) is 0 Å². The number of hydrogen-bond donors (Lipinski definition) is 1. The van der Waals surface area contributed by atoms with Crippen LogP contribution in [0.15, 0.2) is 0 Å². The molecule has 0 radical (unpaired) electrons.